The van der Waals surface area contributed by atoms with Crippen LogP contribution in [0.2, 0.25) is 0 Å². The van der Waals surface area contributed by atoms with Crippen molar-refractivity contribution in [2.45, 2.75) is 0 Å². The van der Waals surface area contributed by atoms with Crippen molar-refractivity contribution in [3.63, 3.8) is 0 Å². The van der Waals surface area contributed by atoms with Gasteiger partial charge >= 0.3 is 9.05 Å². The lowest BCUT2D eigenvalue weighted by Gasteiger charge is -1.98. The molecule has 49 valence electrons. The zero-order valence-electron chi connectivity index (χ0n) is 3.71. The van der Waals surface area contributed by atoms with Gasteiger partial charge in [0.1, 0.15) is 0 Å². The molecule has 0 saturated carbocycles. The Morgan fingerprint density at radius 1 is 1.25 bits per heavy atom. The van der Waals surface area contributed by atoms with Gasteiger partial charge < -0.3 is 19.9 Å². The Balaban J connectivity index is -0.000000125. The van der Waals surface area contributed by atoms with E-state index < -0.39 is 9.05 Å². The minimum absolute atomic E-state index is 0. The van der Waals surface area contributed by atoms with E-state index in [1.807, 2.05) is 0 Å². The van der Waals surface area contributed by atoms with Crippen LogP contribution < -0.4 is 0 Å². The summed E-state index contributed by atoms with van der Waals surface area (Å²) in [4.78, 5) is 23.2. The number of rotatable bonds is 1. The van der Waals surface area contributed by atoms with Crippen molar-refractivity contribution in [2.24, 2.45) is 0 Å². The number of halogens is 1. The average Bonchev–Trinajstić information content (AvgIpc) is 1.35. The van der Waals surface area contributed by atoms with Crippen LogP contribution in [0.3, 0.4) is 0 Å². The Hall–Kier alpha value is 0.839. The molecule has 8 heteroatoms. The summed E-state index contributed by atoms with van der Waals surface area (Å²) in [5, 5.41) is 0. The maximum absolute atomic E-state index is 7.72. The highest BCUT2D eigenvalue weighted by atomic mass is 35.5. The molecule has 5 N–H and O–H groups in total. The molecule has 0 atom stereocenters. The van der Waals surface area contributed by atoms with Gasteiger partial charge in [-0.25, -0.2) is 3.98 Å². The monoisotopic (exact) mass is 175 g/mol. The van der Waals surface area contributed by atoms with Crippen molar-refractivity contribution in [1.82, 2.24) is 0 Å². The second-order valence-electron chi connectivity index (χ2n) is 0.651. The summed E-state index contributed by atoms with van der Waals surface area (Å²) in [5.74, 6) is 0. The molecule has 5 nitrogen and oxygen atoms in total. The Bertz CT molecular complexity index is 42.2. The molecule has 8 heavy (non-hydrogen) atoms. The second-order valence-corrected chi connectivity index (χ2v) is 2.42. The van der Waals surface area contributed by atoms with Gasteiger partial charge in [-0.1, -0.05) is 0 Å². The fraction of sp³-hybridized carbons (Fsp3) is 0. The number of hydrogen-bond donors (Lipinski definition) is 3. The van der Waals surface area contributed by atoms with Crippen LogP contribution in [0, 0.1) is 0 Å². The molecule has 0 saturated heterocycles. The first-order valence-corrected chi connectivity index (χ1v) is 3.09. The normalized spacial score (nSPS) is 9.00. The van der Waals surface area contributed by atoms with Crippen molar-refractivity contribution in [1.29, 1.82) is 0 Å². The lowest BCUT2D eigenvalue weighted by atomic mass is 15.7. The van der Waals surface area contributed by atoms with E-state index in [9.17, 15) is 0 Å². The largest absolute Gasteiger partial charge is 0.688 e. The molecule has 0 aromatic heterocycles. The molecule has 0 amide bonds. The highest BCUT2D eigenvalue weighted by Gasteiger charge is 2.30. The second kappa shape index (κ2) is 5.97. The van der Waals surface area contributed by atoms with Gasteiger partial charge in [-0.2, -0.15) is 0 Å². The third-order valence-corrected chi connectivity index (χ3v) is 0.932. The van der Waals surface area contributed by atoms with Crippen molar-refractivity contribution in [2.75, 3.05) is 0 Å². The summed E-state index contributed by atoms with van der Waals surface area (Å²) in [6.45, 7) is 0. The molecule has 0 aliphatic carbocycles. The van der Waals surface area contributed by atoms with Crippen LogP contribution in [0.1, 0.15) is 0 Å². The summed E-state index contributed by atoms with van der Waals surface area (Å²) in [6, 6.07) is 0. The summed E-state index contributed by atoms with van der Waals surface area (Å²) in [6.07, 6.45) is 0. The SMILES string of the molecule is O.O[Si](O)(O)OCl.[Al]. The Kier molecular flexibility index (Phi) is 11.9. The van der Waals surface area contributed by atoms with E-state index in [1.165, 1.54) is 0 Å². The Morgan fingerprint density at radius 3 is 1.38 bits per heavy atom. The van der Waals surface area contributed by atoms with E-state index in [4.69, 9.17) is 14.4 Å². The first-order valence-electron chi connectivity index (χ1n) is 1.03. The van der Waals surface area contributed by atoms with Gasteiger partial charge in [0, 0.05) is 17.4 Å². The van der Waals surface area contributed by atoms with Gasteiger partial charge in [0.15, 0.2) is 0 Å². The summed E-state index contributed by atoms with van der Waals surface area (Å²) < 4.78 is 3.22. The minimum Gasteiger partial charge on any atom is -0.412 e. The molecule has 3 radical (unpaired) electrons. The molecule has 0 unspecified atom stereocenters. The molecule has 0 aliphatic heterocycles. The smallest absolute Gasteiger partial charge is 0.412 e. The van der Waals surface area contributed by atoms with Crippen LogP contribution in [0.4, 0.5) is 0 Å². The third-order valence-electron chi connectivity index (χ3n) is 0.104. The Morgan fingerprint density at radius 2 is 1.38 bits per heavy atom. The summed E-state index contributed by atoms with van der Waals surface area (Å²) >= 11 is 4.29. The minimum atomic E-state index is -4.37. The molecular weight excluding hydrogens is 171 g/mol. The van der Waals surface area contributed by atoms with Crippen LogP contribution in [-0.2, 0) is 3.98 Å². The van der Waals surface area contributed by atoms with Gasteiger partial charge in [0.05, 0.1) is 11.9 Å². The fourth-order valence-electron chi connectivity index (χ4n) is 0. The highest BCUT2D eigenvalue weighted by Crippen LogP contribution is 1.89. The van der Waals surface area contributed by atoms with Gasteiger partial charge in [0.25, 0.3) is 0 Å². The van der Waals surface area contributed by atoms with Crippen molar-refractivity contribution in [3.05, 3.63) is 0 Å². The van der Waals surface area contributed by atoms with Crippen molar-refractivity contribution < 1.29 is 23.8 Å². The quantitative estimate of drug-likeness (QED) is 0.379. The first-order chi connectivity index (χ1) is 2.56. The van der Waals surface area contributed by atoms with Crippen LogP contribution >= 0.6 is 11.9 Å². The zero-order chi connectivity index (χ0) is 5.21. The molecule has 0 aromatic rings. The van der Waals surface area contributed by atoms with E-state index in [1.54, 1.807) is 0 Å². The van der Waals surface area contributed by atoms with Gasteiger partial charge in [-0.3, -0.25) is 0 Å². The molecule has 0 aromatic carbocycles. The molecule has 0 bridgehead atoms. The van der Waals surface area contributed by atoms with Crippen LogP contribution in [0.5, 0.6) is 0 Å². The van der Waals surface area contributed by atoms with Crippen LogP contribution in [0.15, 0.2) is 0 Å². The standard InChI is InChI=1S/Al.ClH3O4Si.H2O/c;1-5-6(2,3)4;/h;2-4H;1H2. The lowest BCUT2D eigenvalue weighted by Crippen LogP contribution is -2.35. The lowest BCUT2D eigenvalue weighted by molar-refractivity contribution is 0.135. The van der Waals surface area contributed by atoms with E-state index in [-0.39, 0.29) is 22.8 Å². The molecule has 0 aliphatic rings. The van der Waals surface area contributed by atoms with Crippen LogP contribution in [0.25, 0.3) is 0 Å². The molecule has 0 spiro atoms. The first kappa shape index (κ1) is 15.9. The van der Waals surface area contributed by atoms with Crippen molar-refractivity contribution in [3.8, 4) is 0 Å². The molecule has 0 heterocycles. The molecule has 0 rings (SSSR count). The van der Waals surface area contributed by atoms with Gasteiger partial charge in [-0.15, -0.1) is 0 Å². The predicted octanol–water partition coefficient (Wildman–Crippen LogP) is -2.64. The zero-order valence-corrected chi connectivity index (χ0v) is 6.62. The topological polar surface area (TPSA) is 101 Å². The summed E-state index contributed by atoms with van der Waals surface area (Å²) in [5.41, 5.74) is 0. The molecule has 0 fully saturated rings. The number of hydrogen-bond acceptors (Lipinski definition) is 4. The Labute approximate surface area is 62.6 Å². The maximum Gasteiger partial charge on any atom is 0.688 e. The highest BCUT2D eigenvalue weighted by molar-refractivity contribution is 6.53. The van der Waals surface area contributed by atoms with Gasteiger partial charge in [-0.05, 0) is 0 Å². The van der Waals surface area contributed by atoms with E-state index in [0.29, 0.717) is 0 Å². The van der Waals surface area contributed by atoms with E-state index in [0.717, 1.165) is 0 Å². The van der Waals surface area contributed by atoms with E-state index in [2.05, 4.69) is 15.8 Å². The van der Waals surface area contributed by atoms with Crippen LogP contribution in [-0.4, -0.2) is 46.3 Å². The average molecular weight is 176 g/mol. The summed E-state index contributed by atoms with van der Waals surface area (Å²) in [7, 11) is -4.37. The fourth-order valence-corrected chi connectivity index (χ4v) is 0. The molecular formula is H5AlClO5Si. The third kappa shape index (κ3) is 15.8. The van der Waals surface area contributed by atoms with Gasteiger partial charge in [0.2, 0.25) is 0 Å². The maximum atomic E-state index is 7.72. The van der Waals surface area contributed by atoms with E-state index >= 15 is 0 Å². The van der Waals surface area contributed by atoms with Crippen molar-refractivity contribution >= 4 is 38.3 Å². The predicted molar refractivity (Wildman–Crippen MR) is 28.7 cm³/mol.